The second-order valence-electron chi connectivity index (χ2n) is 16.6. The van der Waals surface area contributed by atoms with Crippen molar-refractivity contribution in [1.29, 1.82) is 10.5 Å². The average Bonchev–Trinajstić information content (AvgIpc) is 3.88. The zero-order chi connectivity index (χ0) is 46.0. The van der Waals surface area contributed by atoms with Crippen LogP contribution < -0.4 is 0 Å². The molecule has 67 heavy (non-hydrogen) atoms. The Morgan fingerprint density at radius 1 is 0.463 bits per heavy atom. The van der Waals surface area contributed by atoms with Crippen LogP contribution in [0, 0.1) is 36.2 Å². The summed E-state index contributed by atoms with van der Waals surface area (Å²) in [6, 6.07) is 64.1. The Bertz CT molecular complexity index is 3980. The minimum atomic E-state index is -4.52. The van der Waals surface area contributed by atoms with Crippen LogP contribution in [0.2, 0.25) is 0 Å². The van der Waals surface area contributed by atoms with Gasteiger partial charge in [-0.1, -0.05) is 91.0 Å². The molecule has 316 valence electrons. The van der Waals surface area contributed by atoms with E-state index >= 15 is 0 Å². The van der Waals surface area contributed by atoms with Gasteiger partial charge in [-0.3, -0.25) is 0 Å². The Hall–Kier alpha value is -9.16. The van der Waals surface area contributed by atoms with E-state index in [2.05, 4.69) is 86.8 Å². The van der Waals surface area contributed by atoms with Crippen molar-refractivity contribution in [3.63, 3.8) is 0 Å². The lowest BCUT2D eigenvalue weighted by Gasteiger charge is -2.20. The molecular formula is C59H34F3N5. The van der Waals surface area contributed by atoms with Gasteiger partial charge in [0.05, 0.1) is 63.2 Å². The number of nitrogens with zero attached hydrogens (tertiary/aromatic N) is 5. The normalized spacial score (nSPS) is 11.5. The first-order valence-corrected chi connectivity index (χ1v) is 21.5. The number of aryl methyl sites for hydroxylation is 1. The third-order valence-corrected chi connectivity index (χ3v) is 12.7. The van der Waals surface area contributed by atoms with Crippen LogP contribution in [0.15, 0.2) is 188 Å². The Kier molecular flexibility index (Phi) is 9.59. The van der Waals surface area contributed by atoms with Gasteiger partial charge in [-0.2, -0.15) is 23.7 Å². The van der Waals surface area contributed by atoms with E-state index in [1.54, 1.807) is 31.2 Å². The molecular weight excluding hydrogens is 836 g/mol. The number of para-hydroxylation sites is 2. The summed E-state index contributed by atoms with van der Waals surface area (Å²) in [6.45, 7) is 9.28. The largest absolute Gasteiger partial charge is 0.416 e. The van der Waals surface area contributed by atoms with E-state index in [4.69, 9.17) is 6.57 Å². The van der Waals surface area contributed by atoms with E-state index in [-0.39, 0.29) is 0 Å². The Balaban J connectivity index is 1.19. The molecule has 11 rings (SSSR count). The van der Waals surface area contributed by atoms with Gasteiger partial charge in [-0.15, -0.1) is 0 Å². The zero-order valence-electron chi connectivity index (χ0n) is 35.8. The Labute approximate surface area is 383 Å². The summed E-state index contributed by atoms with van der Waals surface area (Å²) in [4.78, 5) is 3.65. The molecule has 9 aromatic carbocycles. The molecule has 0 fully saturated rings. The van der Waals surface area contributed by atoms with Crippen LogP contribution in [0.25, 0.3) is 104 Å². The molecule has 0 N–H and O–H groups in total. The first-order chi connectivity index (χ1) is 32.6. The summed E-state index contributed by atoms with van der Waals surface area (Å²) >= 11 is 0. The van der Waals surface area contributed by atoms with E-state index in [0.29, 0.717) is 39.1 Å². The van der Waals surface area contributed by atoms with Crippen molar-refractivity contribution in [2.45, 2.75) is 13.1 Å². The summed E-state index contributed by atoms with van der Waals surface area (Å²) < 4.78 is 46.7. The second-order valence-corrected chi connectivity index (χ2v) is 16.6. The second kappa shape index (κ2) is 15.8. The van der Waals surface area contributed by atoms with E-state index in [1.165, 1.54) is 6.07 Å². The fourth-order valence-electron chi connectivity index (χ4n) is 9.65. The molecule has 0 unspecified atom stereocenters. The number of alkyl halides is 3. The topological polar surface area (TPSA) is 61.8 Å². The van der Waals surface area contributed by atoms with Crippen LogP contribution in [0.5, 0.6) is 0 Å². The van der Waals surface area contributed by atoms with Crippen molar-refractivity contribution in [2.75, 3.05) is 0 Å². The highest BCUT2D eigenvalue weighted by Gasteiger charge is 2.31. The summed E-state index contributed by atoms with van der Waals surface area (Å²) in [5, 5.41) is 24.2. The summed E-state index contributed by atoms with van der Waals surface area (Å²) in [5.41, 5.74) is 13.2. The summed E-state index contributed by atoms with van der Waals surface area (Å²) in [5.74, 6) is 0. The van der Waals surface area contributed by atoms with E-state index < -0.39 is 11.7 Å². The van der Waals surface area contributed by atoms with Gasteiger partial charge < -0.3 is 9.13 Å². The Morgan fingerprint density at radius 2 is 1.04 bits per heavy atom. The molecule has 0 amide bonds. The van der Waals surface area contributed by atoms with Crippen LogP contribution >= 0.6 is 0 Å². The molecule has 11 aromatic rings. The molecule has 0 atom stereocenters. The number of halogens is 3. The van der Waals surface area contributed by atoms with Gasteiger partial charge in [0, 0.05) is 32.8 Å². The lowest BCUT2D eigenvalue weighted by molar-refractivity contribution is -0.137. The highest BCUT2D eigenvalue weighted by molar-refractivity contribution is 6.12. The standard InChI is InChI=1S/C59H34F3N5/c1-36-27-43(59(60,61)62)20-22-46(36)47-23-21-45(66-54-15-5-3-13-48(54)52-32-42(18-25-56(52)66)40-11-8-12-44(30-40)65-2)33-50(47)51-29-38(35-64)17-24-57(51)67-55-16-6-4-14-49(55)53-31-41(19-26-58(53)67)39-10-7-9-37(28-39)34-63/h3-33H,1H3. The predicted octanol–water partition coefficient (Wildman–Crippen LogP) is 16.2. The number of rotatable bonds is 6. The van der Waals surface area contributed by atoms with Crippen molar-refractivity contribution in [3.05, 3.63) is 222 Å². The van der Waals surface area contributed by atoms with Crippen molar-refractivity contribution < 1.29 is 13.2 Å². The maximum absolute atomic E-state index is 14.1. The van der Waals surface area contributed by atoms with Crippen LogP contribution in [0.1, 0.15) is 22.3 Å². The lowest BCUT2D eigenvalue weighted by atomic mass is 9.89. The van der Waals surface area contributed by atoms with Crippen LogP contribution in [0.3, 0.4) is 0 Å². The number of nitriles is 2. The van der Waals surface area contributed by atoms with Crippen molar-refractivity contribution in [3.8, 4) is 68.0 Å². The molecule has 0 saturated heterocycles. The number of aromatic nitrogens is 2. The van der Waals surface area contributed by atoms with Crippen LogP contribution in [-0.2, 0) is 6.18 Å². The van der Waals surface area contributed by atoms with Crippen molar-refractivity contribution >= 4 is 49.3 Å². The highest BCUT2D eigenvalue weighted by atomic mass is 19.4. The molecule has 0 bridgehead atoms. The van der Waals surface area contributed by atoms with Gasteiger partial charge in [0.1, 0.15) is 0 Å². The van der Waals surface area contributed by atoms with Gasteiger partial charge in [-0.05, 0) is 148 Å². The number of hydrogen-bond donors (Lipinski definition) is 0. The predicted molar refractivity (Wildman–Crippen MR) is 262 cm³/mol. The van der Waals surface area contributed by atoms with E-state index in [0.717, 1.165) is 88.9 Å². The molecule has 2 heterocycles. The molecule has 5 nitrogen and oxygen atoms in total. The summed E-state index contributed by atoms with van der Waals surface area (Å²) in [6.07, 6.45) is -4.52. The quantitative estimate of drug-likeness (QED) is 0.156. The molecule has 0 aliphatic carbocycles. The smallest absolute Gasteiger partial charge is 0.309 e. The van der Waals surface area contributed by atoms with Gasteiger partial charge >= 0.3 is 6.18 Å². The zero-order valence-corrected chi connectivity index (χ0v) is 35.8. The number of hydrogen-bond acceptors (Lipinski definition) is 2. The maximum Gasteiger partial charge on any atom is 0.416 e. The maximum atomic E-state index is 14.1. The third kappa shape index (κ3) is 6.86. The molecule has 0 saturated carbocycles. The van der Waals surface area contributed by atoms with Gasteiger partial charge in [0.2, 0.25) is 0 Å². The first-order valence-electron chi connectivity index (χ1n) is 21.5. The third-order valence-electron chi connectivity index (χ3n) is 12.7. The van der Waals surface area contributed by atoms with E-state index in [1.807, 2.05) is 91.0 Å². The number of benzene rings is 9. The molecule has 0 aliphatic heterocycles. The van der Waals surface area contributed by atoms with Gasteiger partial charge in [0.15, 0.2) is 5.69 Å². The lowest BCUT2D eigenvalue weighted by Crippen LogP contribution is -2.05. The van der Waals surface area contributed by atoms with Crippen molar-refractivity contribution in [1.82, 2.24) is 9.13 Å². The monoisotopic (exact) mass is 869 g/mol. The SMILES string of the molecule is [C-]#[N+]c1cccc(-c2ccc3c(c2)c2ccccc2n3-c2ccc(-c3ccc(C(F)(F)F)cc3C)c(-c3cc(C#N)ccc3-n3c4ccccc4c4cc(-c5cccc(C#N)c5)ccc43)c2)c1. The fourth-order valence-corrected chi connectivity index (χ4v) is 9.65. The number of fused-ring (bicyclic) bond motifs is 6. The minimum Gasteiger partial charge on any atom is -0.309 e. The fraction of sp³-hybridized carbons (Fsp3) is 0.0339. The molecule has 0 radical (unpaired) electrons. The molecule has 0 spiro atoms. The average molecular weight is 870 g/mol. The Morgan fingerprint density at radius 3 is 1.70 bits per heavy atom. The minimum absolute atomic E-state index is 0.423. The molecule has 8 heteroatoms. The molecule has 0 aliphatic rings. The van der Waals surface area contributed by atoms with Crippen LogP contribution in [0.4, 0.5) is 18.9 Å². The molecule has 2 aromatic heterocycles. The van der Waals surface area contributed by atoms with Gasteiger partial charge in [-0.25, -0.2) is 4.85 Å². The van der Waals surface area contributed by atoms with Crippen molar-refractivity contribution in [2.24, 2.45) is 0 Å². The highest BCUT2D eigenvalue weighted by Crippen LogP contribution is 2.45. The summed E-state index contributed by atoms with van der Waals surface area (Å²) in [7, 11) is 0. The van der Waals surface area contributed by atoms with Crippen LogP contribution in [-0.4, -0.2) is 9.13 Å². The van der Waals surface area contributed by atoms with E-state index in [9.17, 15) is 23.7 Å². The van der Waals surface area contributed by atoms with Gasteiger partial charge in [0.25, 0.3) is 0 Å². The first kappa shape index (κ1) is 40.6.